The number of carbonyl (C=O) groups excluding carboxylic acids is 3. The Labute approximate surface area is 164 Å². The van der Waals surface area contributed by atoms with E-state index in [1.54, 1.807) is 0 Å². The first kappa shape index (κ1) is 21.2. The van der Waals surface area contributed by atoms with Gasteiger partial charge in [0.15, 0.2) is 5.16 Å². The average Bonchev–Trinajstić information content (AvgIpc) is 3.05. The van der Waals surface area contributed by atoms with Crippen molar-refractivity contribution >= 4 is 35.3 Å². The van der Waals surface area contributed by atoms with E-state index in [4.69, 9.17) is 4.74 Å². The molecule has 150 valence electrons. The highest BCUT2D eigenvalue weighted by Crippen LogP contribution is 2.21. The van der Waals surface area contributed by atoms with Crippen LogP contribution >= 0.6 is 11.8 Å². The van der Waals surface area contributed by atoms with Crippen molar-refractivity contribution in [1.29, 1.82) is 0 Å². The second kappa shape index (κ2) is 9.74. The van der Waals surface area contributed by atoms with E-state index < -0.39 is 17.8 Å². The third-order valence-electron chi connectivity index (χ3n) is 3.62. The van der Waals surface area contributed by atoms with Crippen molar-refractivity contribution < 1.29 is 23.9 Å². The summed E-state index contributed by atoms with van der Waals surface area (Å²) >= 11 is 1.07. The Bertz CT molecular complexity index is 936. The number of rotatable bonds is 8. The number of aromatic amines is 1. The number of ether oxygens (including phenoxy) is 2. The number of nitrogens with zero attached hydrogens (tertiary/aromatic N) is 2. The molecule has 1 heterocycles. The molecule has 0 aliphatic rings. The minimum Gasteiger partial charge on any atom is -0.465 e. The van der Waals surface area contributed by atoms with Crippen LogP contribution in [-0.2, 0) is 20.8 Å². The summed E-state index contributed by atoms with van der Waals surface area (Å²) in [5.74, 6) is -1.78. The topological polar surface area (TPSA) is 132 Å². The van der Waals surface area contributed by atoms with Gasteiger partial charge >= 0.3 is 17.6 Å². The minimum absolute atomic E-state index is 0.0585. The molecule has 2 aromatic rings. The molecule has 0 aliphatic heterocycles. The van der Waals surface area contributed by atoms with Gasteiger partial charge in [-0.25, -0.2) is 19.5 Å². The molecule has 0 saturated carbocycles. The third kappa shape index (κ3) is 5.00. The minimum atomic E-state index is -0.663. The summed E-state index contributed by atoms with van der Waals surface area (Å²) in [6, 6.07) is 4.10. The number of aromatic nitrogens is 3. The Hall–Kier alpha value is -3.08. The fourth-order valence-electron chi connectivity index (χ4n) is 2.33. The van der Waals surface area contributed by atoms with Crippen LogP contribution in [0.3, 0.4) is 0 Å². The Morgan fingerprint density at radius 3 is 2.57 bits per heavy atom. The number of thioether (sulfide) groups is 1. The number of hydrogen-bond donors (Lipinski definition) is 2. The molecule has 0 bridgehead atoms. The Morgan fingerprint density at radius 2 is 1.93 bits per heavy atom. The van der Waals surface area contributed by atoms with E-state index in [0.29, 0.717) is 11.7 Å². The van der Waals surface area contributed by atoms with Crippen LogP contribution in [0.2, 0.25) is 0 Å². The molecule has 1 amide bonds. The summed E-state index contributed by atoms with van der Waals surface area (Å²) in [5.41, 5.74) is 0.0372. The lowest BCUT2D eigenvalue weighted by Gasteiger charge is -2.11. The van der Waals surface area contributed by atoms with Crippen molar-refractivity contribution in [2.24, 2.45) is 0 Å². The molecule has 28 heavy (non-hydrogen) atoms. The summed E-state index contributed by atoms with van der Waals surface area (Å²) in [4.78, 5) is 47.7. The van der Waals surface area contributed by atoms with E-state index in [1.807, 2.05) is 6.92 Å². The van der Waals surface area contributed by atoms with E-state index in [2.05, 4.69) is 20.3 Å². The van der Waals surface area contributed by atoms with Crippen LogP contribution < -0.4 is 11.0 Å². The number of hydrogen-bond acceptors (Lipinski definition) is 8. The SMILES string of the molecule is CCCn1c(SCC(=O)Nc2cc(C(=O)OC)ccc2C(=O)OC)n[nH]c1=O. The van der Waals surface area contributed by atoms with Crippen molar-refractivity contribution in [2.45, 2.75) is 25.0 Å². The Kier molecular flexibility index (Phi) is 7.38. The molecule has 0 radical (unpaired) electrons. The standard InChI is InChI=1S/C17H20N4O6S/c1-4-7-21-16(25)19-20-17(21)28-9-13(22)18-12-8-10(14(23)26-2)5-6-11(12)15(24)27-3/h5-6,8H,4,7,9H2,1-3H3,(H,18,22)(H,19,25). The lowest BCUT2D eigenvalue weighted by atomic mass is 10.1. The molecular formula is C17H20N4O6S. The summed E-state index contributed by atoms with van der Waals surface area (Å²) in [5, 5.41) is 9.21. The number of anilines is 1. The van der Waals surface area contributed by atoms with E-state index >= 15 is 0 Å². The smallest absolute Gasteiger partial charge is 0.343 e. The van der Waals surface area contributed by atoms with Crippen molar-refractivity contribution in [3.05, 3.63) is 39.8 Å². The van der Waals surface area contributed by atoms with Gasteiger partial charge in [-0.2, -0.15) is 0 Å². The normalized spacial score (nSPS) is 10.4. The molecule has 0 saturated heterocycles. The number of nitrogens with one attached hydrogen (secondary N) is 2. The van der Waals surface area contributed by atoms with E-state index in [0.717, 1.165) is 18.2 Å². The summed E-state index contributed by atoms with van der Waals surface area (Å²) in [6.45, 7) is 2.40. The van der Waals surface area contributed by atoms with Crippen molar-refractivity contribution in [2.75, 3.05) is 25.3 Å². The Morgan fingerprint density at radius 1 is 1.21 bits per heavy atom. The van der Waals surface area contributed by atoms with Crippen LogP contribution in [0.1, 0.15) is 34.1 Å². The number of amides is 1. The molecule has 0 spiro atoms. The fraction of sp³-hybridized carbons (Fsp3) is 0.353. The second-order valence-corrected chi connectivity index (χ2v) is 6.49. The number of benzene rings is 1. The van der Waals surface area contributed by atoms with Gasteiger partial charge in [-0.15, -0.1) is 5.10 Å². The molecule has 0 fully saturated rings. The number of H-pyrrole nitrogens is 1. The van der Waals surface area contributed by atoms with E-state index in [9.17, 15) is 19.2 Å². The van der Waals surface area contributed by atoms with Gasteiger partial charge < -0.3 is 14.8 Å². The fourth-order valence-corrected chi connectivity index (χ4v) is 3.10. The zero-order valence-electron chi connectivity index (χ0n) is 15.6. The molecule has 10 nitrogen and oxygen atoms in total. The van der Waals surface area contributed by atoms with Crippen LogP contribution in [0.15, 0.2) is 28.2 Å². The molecule has 1 aromatic carbocycles. The molecular weight excluding hydrogens is 388 g/mol. The van der Waals surface area contributed by atoms with Crippen LogP contribution in [-0.4, -0.2) is 52.6 Å². The maximum absolute atomic E-state index is 12.3. The predicted octanol–water partition coefficient (Wildman–Crippen LogP) is 1.29. The first-order valence-corrected chi connectivity index (χ1v) is 9.28. The van der Waals surface area contributed by atoms with Gasteiger partial charge in [-0.05, 0) is 24.6 Å². The first-order chi connectivity index (χ1) is 13.4. The predicted molar refractivity (Wildman–Crippen MR) is 102 cm³/mol. The van der Waals surface area contributed by atoms with Crippen LogP contribution in [0, 0.1) is 0 Å². The van der Waals surface area contributed by atoms with Gasteiger partial charge in [0.1, 0.15) is 0 Å². The number of carbonyl (C=O) groups is 3. The van der Waals surface area contributed by atoms with Gasteiger partial charge in [0, 0.05) is 6.54 Å². The van der Waals surface area contributed by atoms with Crippen LogP contribution in [0.25, 0.3) is 0 Å². The first-order valence-electron chi connectivity index (χ1n) is 8.29. The van der Waals surface area contributed by atoms with Gasteiger partial charge in [-0.1, -0.05) is 18.7 Å². The number of esters is 2. The highest BCUT2D eigenvalue weighted by atomic mass is 32.2. The molecule has 0 aliphatic carbocycles. The van der Waals surface area contributed by atoms with Crippen LogP contribution in [0.4, 0.5) is 5.69 Å². The molecule has 2 N–H and O–H groups in total. The van der Waals surface area contributed by atoms with Crippen molar-refractivity contribution in [3.8, 4) is 0 Å². The molecule has 1 aromatic heterocycles. The molecule has 11 heteroatoms. The third-order valence-corrected chi connectivity index (χ3v) is 4.60. The van der Waals surface area contributed by atoms with Gasteiger partial charge in [0.2, 0.25) is 5.91 Å². The Balaban J connectivity index is 2.17. The second-order valence-electron chi connectivity index (χ2n) is 5.54. The quantitative estimate of drug-likeness (QED) is 0.493. The summed E-state index contributed by atoms with van der Waals surface area (Å²) in [6.07, 6.45) is 0.738. The highest BCUT2D eigenvalue weighted by Gasteiger charge is 2.18. The summed E-state index contributed by atoms with van der Waals surface area (Å²) in [7, 11) is 2.44. The zero-order valence-corrected chi connectivity index (χ0v) is 16.4. The highest BCUT2D eigenvalue weighted by molar-refractivity contribution is 7.99. The van der Waals surface area contributed by atoms with Gasteiger partial charge in [0.05, 0.1) is 36.8 Å². The maximum atomic E-state index is 12.3. The van der Waals surface area contributed by atoms with Crippen LogP contribution in [0.5, 0.6) is 0 Å². The zero-order chi connectivity index (χ0) is 20.7. The largest absolute Gasteiger partial charge is 0.465 e. The molecule has 0 unspecified atom stereocenters. The van der Waals surface area contributed by atoms with E-state index in [-0.39, 0.29) is 28.3 Å². The lowest BCUT2D eigenvalue weighted by Crippen LogP contribution is -2.20. The van der Waals surface area contributed by atoms with Crippen molar-refractivity contribution in [1.82, 2.24) is 14.8 Å². The maximum Gasteiger partial charge on any atom is 0.343 e. The lowest BCUT2D eigenvalue weighted by molar-refractivity contribution is -0.113. The molecule has 0 atom stereocenters. The van der Waals surface area contributed by atoms with E-state index in [1.165, 1.54) is 37.0 Å². The monoisotopic (exact) mass is 408 g/mol. The average molecular weight is 408 g/mol. The summed E-state index contributed by atoms with van der Waals surface area (Å²) < 4.78 is 10.8. The van der Waals surface area contributed by atoms with Crippen molar-refractivity contribution in [3.63, 3.8) is 0 Å². The van der Waals surface area contributed by atoms with Gasteiger partial charge in [-0.3, -0.25) is 9.36 Å². The molecule has 2 rings (SSSR count). The van der Waals surface area contributed by atoms with Gasteiger partial charge in [0.25, 0.3) is 0 Å². The number of methoxy groups -OCH3 is 2.